The van der Waals surface area contributed by atoms with Crippen LogP contribution in [0.25, 0.3) is 11.0 Å². The van der Waals surface area contributed by atoms with Crippen molar-refractivity contribution >= 4 is 22.9 Å². The van der Waals surface area contributed by atoms with Crippen molar-refractivity contribution in [2.45, 2.75) is 12.7 Å². The van der Waals surface area contributed by atoms with E-state index in [2.05, 4.69) is 29.5 Å². The molecule has 1 aliphatic rings. The number of hydrogen-bond acceptors (Lipinski definition) is 5. The number of alkyl halides is 5. The summed E-state index contributed by atoms with van der Waals surface area (Å²) in [6, 6.07) is 7.11. The van der Waals surface area contributed by atoms with Gasteiger partial charge in [0.15, 0.2) is 11.5 Å². The van der Waals surface area contributed by atoms with Gasteiger partial charge in [-0.05, 0) is 12.1 Å². The molecule has 2 heterocycles. The maximum absolute atomic E-state index is 13.1. The van der Waals surface area contributed by atoms with Crippen molar-refractivity contribution < 1.29 is 41.0 Å². The van der Waals surface area contributed by atoms with Crippen LogP contribution in [0.1, 0.15) is 10.4 Å². The van der Waals surface area contributed by atoms with Crippen LogP contribution in [0.15, 0.2) is 36.4 Å². The first-order valence-electron chi connectivity index (χ1n) is 7.55. The van der Waals surface area contributed by atoms with Gasteiger partial charge in [0.2, 0.25) is 5.95 Å². The fraction of sp³-hybridized carbons (Fsp3) is 0.125. The van der Waals surface area contributed by atoms with Crippen LogP contribution in [-0.2, 0) is 0 Å². The molecule has 0 radical (unpaired) electrons. The Hall–Kier alpha value is -3.57. The van der Waals surface area contributed by atoms with E-state index in [0.717, 1.165) is 12.1 Å². The molecule has 0 spiro atoms. The van der Waals surface area contributed by atoms with Crippen LogP contribution in [0.5, 0.6) is 17.2 Å². The maximum atomic E-state index is 13.1. The number of carbonyl (C=O) groups is 1. The number of anilines is 1. The van der Waals surface area contributed by atoms with Gasteiger partial charge in [0.05, 0.1) is 16.6 Å². The van der Waals surface area contributed by atoms with Gasteiger partial charge >= 0.3 is 12.7 Å². The van der Waals surface area contributed by atoms with E-state index in [1.54, 1.807) is 0 Å². The largest absolute Gasteiger partial charge is 0.586 e. The SMILES string of the molecule is O=C(Nc1nc2cc3c(cc2[nH]1)OC(F)(F)O3)c1ccccc1OC(F)(F)F. The van der Waals surface area contributed by atoms with Crippen molar-refractivity contribution in [1.82, 2.24) is 9.97 Å². The van der Waals surface area contributed by atoms with Crippen LogP contribution < -0.4 is 19.5 Å². The number of carbonyl (C=O) groups excluding carboxylic acids is 1. The monoisotopic (exact) mass is 401 g/mol. The average molecular weight is 401 g/mol. The highest BCUT2D eigenvalue weighted by Gasteiger charge is 2.43. The van der Waals surface area contributed by atoms with Gasteiger partial charge in [0, 0.05) is 12.1 Å². The van der Waals surface area contributed by atoms with Crippen LogP contribution in [0.3, 0.4) is 0 Å². The number of halogens is 5. The maximum Gasteiger partial charge on any atom is 0.586 e. The number of ether oxygens (including phenoxy) is 3. The number of benzene rings is 2. The molecule has 1 amide bonds. The van der Waals surface area contributed by atoms with Gasteiger partial charge in [-0.3, -0.25) is 10.1 Å². The van der Waals surface area contributed by atoms with Crippen molar-refractivity contribution in [2.24, 2.45) is 0 Å². The van der Waals surface area contributed by atoms with E-state index in [4.69, 9.17) is 0 Å². The van der Waals surface area contributed by atoms with E-state index >= 15 is 0 Å². The minimum Gasteiger partial charge on any atom is -0.405 e. The van der Waals surface area contributed by atoms with Crippen molar-refractivity contribution in [3.8, 4) is 17.2 Å². The fourth-order valence-electron chi connectivity index (χ4n) is 2.56. The van der Waals surface area contributed by atoms with Crippen LogP contribution in [0, 0.1) is 0 Å². The standard InChI is InChI=1S/C16H8F5N3O4/c17-15(18,19)26-10-4-2-1-3-7(10)13(25)24-14-22-8-5-11-12(6-9(8)23-14)28-16(20,21)27-11/h1-6H,(H2,22,23,24,25). The summed E-state index contributed by atoms with van der Waals surface area (Å²) in [5.74, 6) is -2.22. The summed E-state index contributed by atoms with van der Waals surface area (Å²) < 4.78 is 76.0. The lowest BCUT2D eigenvalue weighted by atomic mass is 10.2. The number of imidazole rings is 1. The normalized spacial score (nSPS) is 14.9. The van der Waals surface area contributed by atoms with E-state index in [-0.39, 0.29) is 34.0 Å². The molecule has 0 saturated carbocycles. The molecule has 0 aliphatic carbocycles. The van der Waals surface area contributed by atoms with Gasteiger partial charge < -0.3 is 19.2 Å². The third-order valence-corrected chi connectivity index (χ3v) is 3.59. The Morgan fingerprint density at radius 3 is 2.54 bits per heavy atom. The van der Waals surface area contributed by atoms with Gasteiger partial charge in [-0.25, -0.2) is 4.98 Å². The summed E-state index contributed by atoms with van der Waals surface area (Å²) in [6.45, 7) is 0. The number of hydrogen-bond donors (Lipinski definition) is 2. The van der Waals surface area contributed by atoms with E-state index < -0.39 is 24.3 Å². The van der Waals surface area contributed by atoms with Crippen LogP contribution in [0.4, 0.5) is 27.9 Å². The van der Waals surface area contributed by atoms with E-state index in [9.17, 15) is 26.7 Å². The van der Waals surface area contributed by atoms with Gasteiger partial charge in [-0.2, -0.15) is 0 Å². The molecule has 4 rings (SSSR count). The molecule has 3 aromatic rings. The van der Waals surface area contributed by atoms with Crippen LogP contribution in [0.2, 0.25) is 0 Å². The minimum absolute atomic E-state index is 0.128. The number of aromatic amines is 1. The number of aromatic nitrogens is 2. The van der Waals surface area contributed by atoms with Crippen molar-refractivity contribution in [2.75, 3.05) is 5.32 Å². The third kappa shape index (κ3) is 3.48. The molecule has 1 aromatic heterocycles. The Labute approximate surface area is 152 Å². The predicted molar refractivity (Wildman–Crippen MR) is 83.4 cm³/mol. The summed E-state index contributed by atoms with van der Waals surface area (Å²) in [7, 11) is 0. The molecule has 0 unspecified atom stereocenters. The van der Waals surface area contributed by atoms with Gasteiger partial charge in [0.1, 0.15) is 5.75 Å². The van der Waals surface area contributed by atoms with Crippen molar-refractivity contribution in [3.63, 3.8) is 0 Å². The first kappa shape index (κ1) is 17.8. The molecule has 0 atom stereocenters. The Bertz CT molecular complexity index is 1030. The second-order valence-electron chi connectivity index (χ2n) is 5.57. The van der Waals surface area contributed by atoms with E-state index in [1.165, 1.54) is 24.3 Å². The highest BCUT2D eigenvalue weighted by Crippen LogP contribution is 2.43. The fourth-order valence-corrected chi connectivity index (χ4v) is 2.56. The zero-order valence-corrected chi connectivity index (χ0v) is 13.4. The molecule has 2 N–H and O–H groups in total. The first-order valence-corrected chi connectivity index (χ1v) is 7.55. The minimum atomic E-state index is -4.97. The van der Waals surface area contributed by atoms with Crippen molar-refractivity contribution in [3.05, 3.63) is 42.0 Å². The molecule has 0 saturated heterocycles. The smallest absolute Gasteiger partial charge is 0.405 e. The number of nitrogens with one attached hydrogen (secondary N) is 2. The molecule has 0 bridgehead atoms. The molecule has 12 heteroatoms. The summed E-state index contributed by atoms with van der Waals surface area (Å²) in [4.78, 5) is 18.9. The highest BCUT2D eigenvalue weighted by atomic mass is 19.4. The number of rotatable bonds is 3. The van der Waals surface area contributed by atoms with Gasteiger partial charge in [-0.15, -0.1) is 22.0 Å². The highest BCUT2D eigenvalue weighted by molar-refractivity contribution is 6.06. The second-order valence-corrected chi connectivity index (χ2v) is 5.57. The van der Waals surface area contributed by atoms with Gasteiger partial charge in [-0.1, -0.05) is 12.1 Å². The second kappa shape index (κ2) is 5.97. The molecule has 1 aliphatic heterocycles. The van der Waals surface area contributed by atoms with Crippen LogP contribution in [-0.4, -0.2) is 28.5 Å². The molecular formula is C16H8F5N3O4. The summed E-state index contributed by atoms with van der Waals surface area (Å²) in [5.41, 5.74) is 0.0134. The lowest BCUT2D eigenvalue weighted by molar-refractivity contribution is -0.286. The Morgan fingerprint density at radius 2 is 1.82 bits per heavy atom. The lowest BCUT2D eigenvalue weighted by Crippen LogP contribution is -2.25. The zero-order valence-electron chi connectivity index (χ0n) is 13.4. The molecule has 7 nitrogen and oxygen atoms in total. The molecule has 28 heavy (non-hydrogen) atoms. The number of amides is 1. The number of fused-ring (bicyclic) bond motifs is 2. The topological polar surface area (TPSA) is 85.5 Å². The zero-order chi connectivity index (χ0) is 20.1. The summed E-state index contributed by atoms with van der Waals surface area (Å²) in [6.07, 6.45) is -8.77. The predicted octanol–water partition coefficient (Wildman–Crippen LogP) is 4.04. The quantitative estimate of drug-likeness (QED) is 0.648. The molecule has 2 aromatic carbocycles. The lowest BCUT2D eigenvalue weighted by Gasteiger charge is -2.12. The van der Waals surface area contributed by atoms with E-state index in [1.807, 2.05) is 0 Å². The third-order valence-electron chi connectivity index (χ3n) is 3.59. The molecular weight excluding hydrogens is 393 g/mol. The summed E-state index contributed by atoms with van der Waals surface area (Å²) >= 11 is 0. The molecule has 0 fully saturated rings. The Morgan fingerprint density at radius 1 is 1.14 bits per heavy atom. The van der Waals surface area contributed by atoms with Crippen LogP contribution >= 0.6 is 0 Å². The first-order chi connectivity index (χ1) is 13.1. The van der Waals surface area contributed by atoms with Gasteiger partial charge in [0.25, 0.3) is 5.91 Å². The molecule has 146 valence electrons. The number of para-hydroxylation sites is 1. The number of H-pyrrole nitrogens is 1. The number of nitrogens with zero attached hydrogens (tertiary/aromatic N) is 1. The average Bonchev–Trinajstić information content (AvgIpc) is 3.07. The Kier molecular flexibility index (Phi) is 3.80. The summed E-state index contributed by atoms with van der Waals surface area (Å²) in [5, 5.41) is 2.28. The van der Waals surface area contributed by atoms with E-state index in [0.29, 0.717) is 0 Å². The Balaban J connectivity index is 1.59. The van der Waals surface area contributed by atoms with Crippen molar-refractivity contribution in [1.29, 1.82) is 0 Å².